The Bertz CT molecular complexity index is 484. The van der Waals surface area contributed by atoms with Gasteiger partial charge in [-0.15, -0.1) is 11.8 Å². The van der Waals surface area contributed by atoms with E-state index in [1.54, 1.807) is 18.0 Å². The number of anilines is 1. The Labute approximate surface area is 96.6 Å². The van der Waals surface area contributed by atoms with Crippen molar-refractivity contribution in [3.63, 3.8) is 0 Å². The van der Waals surface area contributed by atoms with Crippen LogP contribution in [0.3, 0.4) is 0 Å². The molecule has 1 aromatic heterocycles. The van der Waals surface area contributed by atoms with Crippen LogP contribution in [0.2, 0.25) is 5.02 Å². The van der Waals surface area contributed by atoms with Gasteiger partial charge < -0.3 is 10.3 Å². The lowest BCUT2D eigenvalue weighted by Gasteiger charge is -2.05. The molecule has 0 unspecified atom stereocenters. The maximum atomic E-state index is 5.94. The van der Waals surface area contributed by atoms with E-state index in [-0.39, 0.29) is 0 Å². The number of nitrogens with zero attached hydrogens (tertiary/aromatic N) is 1. The summed E-state index contributed by atoms with van der Waals surface area (Å²) in [7, 11) is 0. The molecule has 0 spiro atoms. The minimum absolute atomic E-state index is 0.313. The van der Waals surface area contributed by atoms with E-state index in [0.717, 1.165) is 16.0 Å². The van der Waals surface area contributed by atoms with Crippen LogP contribution in [-0.4, -0.2) is 11.4 Å². The van der Waals surface area contributed by atoms with E-state index in [4.69, 9.17) is 21.9 Å². The Morgan fingerprint density at radius 2 is 2.20 bits per heavy atom. The average molecular weight is 241 g/mol. The first-order valence-electron chi connectivity index (χ1n) is 4.26. The normalized spacial score (nSPS) is 10.5. The van der Waals surface area contributed by atoms with Gasteiger partial charge in [-0.2, -0.15) is 0 Å². The fourth-order valence-corrected chi connectivity index (χ4v) is 2.11. The molecule has 2 N–H and O–H groups in total. The minimum Gasteiger partial charge on any atom is -0.367 e. The standard InChI is InChI=1S/C10H9ClN2OS/c1-15-9-3-2-6(11)4-7(9)8-5-13-14-10(8)12/h2-5H,12H2,1H3. The van der Waals surface area contributed by atoms with Crippen molar-refractivity contribution in [1.29, 1.82) is 0 Å². The summed E-state index contributed by atoms with van der Waals surface area (Å²) in [5.41, 5.74) is 7.40. The first kappa shape index (κ1) is 10.4. The van der Waals surface area contributed by atoms with E-state index in [9.17, 15) is 0 Å². The smallest absolute Gasteiger partial charge is 0.229 e. The number of aromatic nitrogens is 1. The molecule has 0 radical (unpaired) electrons. The number of halogens is 1. The van der Waals surface area contributed by atoms with Crippen LogP contribution in [0.5, 0.6) is 0 Å². The highest BCUT2D eigenvalue weighted by Crippen LogP contribution is 2.35. The van der Waals surface area contributed by atoms with Gasteiger partial charge in [0.2, 0.25) is 5.88 Å². The number of rotatable bonds is 2. The third-order valence-corrected chi connectivity index (χ3v) is 3.08. The van der Waals surface area contributed by atoms with Crippen LogP contribution in [-0.2, 0) is 0 Å². The number of thioether (sulfide) groups is 1. The van der Waals surface area contributed by atoms with Crippen molar-refractivity contribution in [2.75, 3.05) is 12.0 Å². The second-order valence-corrected chi connectivity index (χ2v) is 4.23. The maximum absolute atomic E-state index is 5.94. The highest BCUT2D eigenvalue weighted by Gasteiger charge is 2.11. The molecule has 0 fully saturated rings. The molecule has 2 aromatic rings. The number of hydrogen-bond donors (Lipinski definition) is 1. The molecule has 0 saturated heterocycles. The molecule has 0 amide bonds. The second-order valence-electron chi connectivity index (χ2n) is 2.95. The van der Waals surface area contributed by atoms with Gasteiger partial charge in [0, 0.05) is 15.5 Å². The molecule has 0 saturated carbocycles. The first-order valence-corrected chi connectivity index (χ1v) is 5.86. The summed E-state index contributed by atoms with van der Waals surface area (Å²) < 4.78 is 4.83. The van der Waals surface area contributed by atoms with Crippen LogP contribution >= 0.6 is 23.4 Å². The van der Waals surface area contributed by atoms with Gasteiger partial charge in [-0.25, -0.2) is 0 Å². The van der Waals surface area contributed by atoms with Gasteiger partial charge in [0.15, 0.2) is 0 Å². The van der Waals surface area contributed by atoms with Gasteiger partial charge in [-0.3, -0.25) is 0 Å². The molecule has 0 aliphatic heterocycles. The quantitative estimate of drug-likeness (QED) is 0.819. The van der Waals surface area contributed by atoms with E-state index in [1.807, 2.05) is 24.5 Å². The summed E-state index contributed by atoms with van der Waals surface area (Å²) in [6.45, 7) is 0. The zero-order chi connectivity index (χ0) is 10.8. The predicted molar refractivity (Wildman–Crippen MR) is 63.1 cm³/mol. The fraction of sp³-hybridized carbons (Fsp3) is 0.100. The third-order valence-electron chi connectivity index (χ3n) is 2.05. The van der Waals surface area contributed by atoms with Crippen molar-refractivity contribution < 1.29 is 4.52 Å². The van der Waals surface area contributed by atoms with Gasteiger partial charge in [-0.05, 0) is 24.5 Å². The van der Waals surface area contributed by atoms with Crippen molar-refractivity contribution in [1.82, 2.24) is 5.16 Å². The molecule has 2 rings (SSSR count). The van der Waals surface area contributed by atoms with Crippen LogP contribution in [0.4, 0.5) is 5.88 Å². The summed E-state index contributed by atoms with van der Waals surface area (Å²) in [4.78, 5) is 1.09. The summed E-state index contributed by atoms with van der Waals surface area (Å²) in [5, 5.41) is 4.32. The van der Waals surface area contributed by atoms with Crippen molar-refractivity contribution in [3.05, 3.63) is 29.4 Å². The number of nitrogens with two attached hydrogens (primary N) is 1. The fourth-order valence-electron chi connectivity index (χ4n) is 1.34. The summed E-state index contributed by atoms with van der Waals surface area (Å²) >= 11 is 7.57. The zero-order valence-electron chi connectivity index (χ0n) is 8.03. The molecule has 0 bridgehead atoms. The minimum atomic E-state index is 0.313. The van der Waals surface area contributed by atoms with E-state index in [2.05, 4.69) is 5.16 Å². The van der Waals surface area contributed by atoms with Gasteiger partial charge >= 0.3 is 0 Å². The molecule has 0 aliphatic carbocycles. The molecule has 78 valence electrons. The van der Waals surface area contributed by atoms with E-state index in [1.165, 1.54) is 0 Å². The van der Waals surface area contributed by atoms with Crippen LogP contribution in [0.15, 0.2) is 33.8 Å². The second kappa shape index (κ2) is 4.16. The molecule has 3 nitrogen and oxygen atoms in total. The Morgan fingerprint density at radius 3 is 2.80 bits per heavy atom. The van der Waals surface area contributed by atoms with Crippen LogP contribution in [0, 0.1) is 0 Å². The highest BCUT2D eigenvalue weighted by molar-refractivity contribution is 7.98. The van der Waals surface area contributed by atoms with Gasteiger partial charge in [-0.1, -0.05) is 16.8 Å². The van der Waals surface area contributed by atoms with Crippen LogP contribution < -0.4 is 5.73 Å². The maximum Gasteiger partial charge on any atom is 0.229 e. The molecule has 0 aliphatic rings. The Hall–Kier alpha value is -1.13. The Morgan fingerprint density at radius 1 is 1.40 bits per heavy atom. The lowest BCUT2D eigenvalue weighted by atomic mass is 10.1. The summed E-state index contributed by atoms with van der Waals surface area (Å²) in [6, 6.07) is 5.66. The van der Waals surface area contributed by atoms with Crippen molar-refractivity contribution in [2.24, 2.45) is 0 Å². The van der Waals surface area contributed by atoms with Crippen molar-refractivity contribution in [3.8, 4) is 11.1 Å². The monoisotopic (exact) mass is 240 g/mol. The van der Waals surface area contributed by atoms with Crippen molar-refractivity contribution in [2.45, 2.75) is 4.90 Å². The molecular weight excluding hydrogens is 232 g/mol. The van der Waals surface area contributed by atoms with E-state index in [0.29, 0.717) is 10.9 Å². The van der Waals surface area contributed by atoms with Gasteiger partial charge in [0.25, 0.3) is 0 Å². The molecular formula is C10H9ClN2OS. The summed E-state index contributed by atoms with van der Waals surface area (Å²) in [6.07, 6.45) is 3.59. The van der Waals surface area contributed by atoms with Gasteiger partial charge in [0.05, 0.1) is 11.8 Å². The van der Waals surface area contributed by atoms with Crippen molar-refractivity contribution >= 4 is 29.2 Å². The van der Waals surface area contributed by atoms with Crippen LogP contribution in [0.1, 0.15) is 0 Å². The molecule has 15 heavy (non-hydrogen) atoms. The zero-order valence-corrected chi connectivity index (χ0v) is 9.60. The number of benzene rings is 1. The Kier molecular flexibility index (Phi) is 2.88. The lowest BCUT2D eigenvalue weighted by molar-refractivity contribution is 0.436. The van der Waals surface area contributed by atoms with Gasteiger partial charge in [0.1, 0.15) is 0 Å². The SMILES string of the molecule is CSc1ccc(Cl)cc1-c1cnoc1N. The number of nitrogen functional groups attached to an aromatic ring is 1. The molecule has 5 heteroatoms. The average Bonchev–Trinajstić information content (AvgIpc) is 2.64. The largest absolute Gasteiger partial charge is 0.367 e. The highest BCUT2D eigenvalue weighted by atomic mass is 35.5. The molecule has 1 heterocycles. The Balaban J connectivity index is 2.60. The predicted octanol–water partition coefficient (Wildman–Crippen LogP) is 3.30. The van der Waals surface area contributed by atoms with E-state index >= 15 is 0 Å². The summed E-state index contributed by atoms with van der Waals surface area (Å²) in [5.74, 6) is 0.313. The third kappa shape index (κ3) is 1.96. The molecule has 1 aromatic carbocycles. The van der Waals surface area contributed by atoms with E-state index < -0.39 is 0 Å². The molecule has 0 atom stereocenters. The first-order chi connectivity index (χ1) is 7.22. The lowest BCUT2D eigenvalue weighted by Crippen LogP contribution is -1.86. The number of hydrogen-bond acceptors (Lipinski definition) is 4. The topological polar surface area (TPSA) is 52.0 Å². The van der Waals surface area contributed by atoms with Crippen LogP contribution in [0.25, 0.3) is 11.1 Å².